The summed E-state index contributed by atoms with van der Waals surface area (Å²) < 4.78 is 14.0. The van der Waals surface area contributed by atoms with E-state index in [-0.39, 0.29) is 23.3 Å². The maximum Gasteiger partial charge on any atom is 0.274 e. The highest BCUT2D eigenvalue weighted by atomic mass is 79.9. The van der Waals surface area contributed by atoms with Gasteiger partial charge < -0.3 is 10.2 Å². The molecule has 1 aromatic heterocycles. The van der Waals surface area contributed by atoms with Gasteiger partial charge in [-0.3, -0.25) is 19.5 Å². The minimum Gasteiger partial charge on any atom is -0.336 e. The number of rotatable bonds is 5. The van der Waals surface area contributed by atoms with Crippen molar-refractivity contribution in [2.24, 2.45) is 0 Å². The Kier molecular flexibility index (Phi) is 6.92. The number of benzene rings is 2. The van der Waals surface area contributed by atoms with Crippen molar-refractivity contribution < 1.29 is 14.0 Å². The van der Waals surface area contributed by atoms with Gasteiger partial charge in [0, 0.05) is 49.1 Å². The fourth-order valence-electron chi connectivity index (χ4n) is 3.52. The van der Waals surface area contributed by atoms with Gasteiger partial charge in [0.2, 0.25) is 0 Å². The van der Waals surface area contributed by atoms with Gasteiger partial charge in [0.05, 0.1) is 5.56 Å². The second kappa shape index (κ2) is 10.0. The van der Waals surface area contributed by atoms with Gasteiger partial charge in [-0.15, -0.1) is 0 Å². The van der Waals surface area contributed by atoms with Gasteiger partial charge in [-0.1, -0.05) is 28.1 Å². The van der Waals surface area contributed by atoms with Gasteiger partial charge in [0.25, 0.3) is 11.8 Å². The third kappa shape index (κ3) is 5.57. The van der Waals surface area contributed by atoms with Crippen LogP contribution in [0.25, 0.3) is 0 Å². The molecule has 0 unspecified atom stereocenters. The second-order valence-electron chi connectivity index (χ2n) is 7.59. The molecule has 164 valence electrons. The van der Waals surface area contributed by atoms with Gasteiger partial charge in [-0.25, -0.2) is 4.39 Å². The Morgan fingerprint density at radius 1 is 0.938 bits per heavy atom. The lowest BCUT2D eigenvalue weighted by Gasteiger charge is -2.34. The summed E-state index contributed by atoms with van der Waals surface area (Å²) in [5.41, 5.74) is 2.41. The smallest absolute Gasteiger partial charge is 0.274 e. The lowest BCUT2D eigenvalue weighted by molar-refractivity contribution is 0.0627. The van der Waals surface area contributed by atoms with Crippen LogP contribution in [0.15, 0.2) is 71.3 Å². The first-order valence-corrected chi connectivity index (χ1v) is 11.1. The first-order chi connectivity index (χ1) is 15.5. The molecule has 3 aromatic rings. The quantitative estimate of drug-likeness (QED) is 0.574. The number of carbonyl (C=O) groups excluding carboxylic acids is 2. The fraction of sp³-hybridized carbons (Fsp3) is 0.208. The van der Waals surface area contributed by atoms with E-state index < -0.39 is 0 Å². The molecular formula is C24H22BrFN4O2. The number of hydrogen-bond acceptors (Lipinski definition) is 4. The van der Waals surface area contributed by atoms with Crippen LogP contribution in [0.1, 0.15) is 26.4 Å². The van der Waals surface area contributed by atoms with Crippen molar-refractivity contribution >= 4 is 33.4 Å². The predicted octanol–water partition coefficient (Wildman–Crippen LogP) is 4.19. The van der Waals surface area contributed by atoms with Crippen LogP contribution in [-0.4, -0.2) is 52.8 Å². The van der Waals surface area contributed by atoms with Crippen molar-refractivity contribution in [1.82, 2.24) is 14.8 Å². The summed E-state index contributed by atoms with van der Waals surface area (Å²) in [5.74, 6) is -0.672. The van der Waals surface area contributed by atoms with Crippen molar-refractivity contribution in [3.63, 3.8) is 0 Å². The molecule has 0 radical (unpaired) electrons. The normalized spacial score (nSPS) is 14.2. The van der Waals surface area contributed by atoms with Crippen LogP contribution in [0.3, 0.4) is 0 Å². The van der Waals surface area contributed by atoms with Crippen molar-refractivity contribution in [2.45, 2.75) is 6.54 Å². The van der Waals surface area contributed by atoms with E-state index in [1.165, 1.54) is 18.3 Å². The standard InChI is InChI=1S/C24H22BrFN4O2/c25-19-4-8-21(9-5-19)28-23(31)22-10-3-18(15-27-22)24(32)30-13-11-29(12-14-30)16-17-1-6-20(26)7-2-17/h1-10,15H,11-14,16H2,(H,28,31). The Labute approximate surface area is 194 Å². The Bertz CT molecular complexity index is 1080. The number of hydrogen-bond donors (Lipinski definition) is 1. The number of nitrogens with zero attached hydrogens (tertiary/aromatic N) is 3. The molecule has 2 heterocycles. The van der Waals surface area contributed by atoms with Gasteiger partial charge in [-0.2, -0.15) is 0 Å². The first-order valence-electron chi connectivity index (χ1n) is 10.3. The summed E-state index contributed by atoms with van der Waals surface area (Å²) in [5, 5.41) is 2.78. The molecule has 1 fully saturated rings. The Balaban J connectivity index is 1.30. The van der Waals surface area contributed by atoms with E-state index in [0.29, 0.717) is 24.3 Å². The van der Waals surface area contributed by atoms with E-state index in [0.717, 1.165) is 29.7 Å². The minimum absolute atomic E-state index is 0.0983. The maximum absolute atomic E-state index is 13.1. The number of amides is 2. The third-order valence-corrected chi connectivity index (χ3v) is 5.85. The highest BCUT2D eigenvalue weighted by Crippen LogP contribution is 2.16. The zero-order valence-corrected chi connectivity index (χ0v) is 18.9. The van der Waals surface area contributed by atoms with Crippen molar-refractivity contribution in [3.8, 4) is 0 Å². The van der Waals surface area contributed by atoms with Crippen LogP contribution in [0, 0.1) is 5.82 Å². The summed E-state index contributed by atoms with van der Waals surface area (Å²) in [6.45, 7) is 3.41. The van der Waals surface area contributed by atoms with Crippen LogP contribution >= 0.6 is 15.9 Å². The molecule has 32 heavy (non-hydrogen) atoms. The Morgan fingerprint density at radius 3 is 2.25 bits per heavy atom. The fourth-order valence-corrected chi connectivity index (χ4v) is 3.79. The van der Waals surface area contributed by atoms with E-state index in [9.17, 15) is 14.0 Å². The van der Waals surface area contributed by atoms with E-state index in [1.807, 2.05) is 12.1 Å². The topological polar surface area (TPSA) is 65.5 Å². The average molecular weight is 497 g/mol. The number of piperazine rings is 1. The molecule has 0 atom stereocenters. The maximum atomic E-state index is 13.1. The molecule has 1 saturated heterocycles. The number of nitrogens with one attached hydrogen (secondary N) is 1. The number of carbonyl (C=O) groups is 2. The summed E-state index contributed by atoms with van der Waals surface area (Å²) >= 11 is 3.36. The first kappa shape index (κ1) is 22.1. The molecule has 4 rings (SSSR count). The molecule has 0 saturated carbocycles. The highest BCUT2D eigenvalue weighted by molar-refractivity contribution is 9.10. The zero-order chi connectivity index (χ0) is 22.5. The van der Waals surface area contributed by atoms with Gasteiger partial charge in [0.1, 0.15) is 11.5 Å². The molecule has 2 amide bonds. The van der Waals surface area contributed by atoms with Crippen molar-refractivity contribution in [3.05, 3.63) is 94.0 Å². The summed E-state index contributed by atoms with van der Waals surface area (Å²) in [7, 11) is 0. The van der Waals surface area contributed by atoms with Gasteiger partial charge in [0.15, 0.2) is 0 Å². The molecule has 0 aliphatic carbocycles. The van der Waals surface area contributed by atoms with E-state index in [1.54, 1.807) is 41.3 Å². The number of pyridine rings is 1. The van der Waals surface area contributed by atoms with Crippen molar-refractivity contribution in [2.75, 3.05) is 31.5 Å². The summed E-state index contributed by atoms with van der Waals surface area (Å²) in [4.78, 5) is 33.4. The van der Waals surface area contributed by atoms with Crippen LogP contribution in [-0.2, 0) is 6.54 Å². The lowest BCUT2D eigenvalue weighted by atomic mass is 10.1. The molecule has 0 bridgehead atoms. The van der Waals surface area contributed by atoms with Crippen LogP contribution < -0.4 is 5.32 Å². The molecule has 1 aliphatic heterocycles. The molecular weight excluding hydrogens is 475 g/mol. The van der Waals surface area contributed by atoms with Crippen LogP contribution in [0.5, 0.6) is 0 Å². The zero-order valence-electron chi connectivity index (χ0n) is 17.3. The molecule has 6 nitrogen and oxygen atoms in total. The monoisotopic (exact) mass is 496 g/mol. The van der Waals surface area contributed by atoms with E-state index >= 15 is 0 Å². The van der Waals surface area contributed by atoms with E-state index in [4.69, 9.17) is 0 Å². The molecule has 1 aliphatic rings. The predicted molar refractivity (Wildman–Crippen MR) is 124 cm³/mol. The van der Waals surface area contributed by atoms with E-state index in [2.05, 4.69) is 31.1 Å². The second-order valence-corrected chi connectivity index (χ2v) is 8.50. The number of anilines is 1. The largest absolute Gasteiger partial charge is 0.336 e. The number of halogens is 2. The van der Waals surface area contributed by atoms with Gasteiger partial charge >= 0.3 is 0 Å². The summed E-state index contributed by atoms with van der Waals surface area (Å²) in [6, 6.07) is 16.9. The third-order valence-electron chi connectivity index (χ3n) is 5.32. The average Bonchev–Trinajstić information content (AvgIpc) is 2.82. The molecule has 8 heteroatoms. The van der Waals surface area contributed by atoms with Crippen LogP contribution in [0.4, 0.5) is 10.1 Å². The number of aromatic nitrogens is 1. The Morgan fingerprint density at radius 2 is 1.62 bits per heavy atom. The lowest BCUT2D eigenvalue weighted by Crippen LogP contribution is -2.48. The molecule has 0 spiro atoms. The van der Waals surface area contributed by atoms with Gasteiger partial charge in [-0.05, 0) is 54.1 Å². The highest BCUT2D eigenvalue weighted by Gasteiger charge is 2.22. The Hall–Kier alpha value is -3.10. The van der Waals surface area contributed by atoms with Crippen LogP contribution in [0.2, 0.25) is 0 Å². The van der Waals surface area contributed by atoms with Crippen molar-refractivity contribution in [1.29, 1.82) is 0 Å². The SMILES string of the molecule is O=C(Nc1ccc(Br)cc1)c1ccc(C(=O)N2CCN(Cc3ccc(F)cc3)CC2)cn1. The minimum atomic E-state index is -0.333. The molecule has 1 N–H and O–H groups in total. The molecule has 2 aromatic carbocycles. The summed E-state index contributed by atoms with van der Waals surface area (Å²) in [6.07, 6.45) is 1.45.